The van der Waals surface area contributed by atoms with Crippen LogP contribution >= 0.6 is 0 Å². The number of halogens is 1. The summed E-state index contributed by atoms with van der Waals surface area (Å²) in [6.07, 6.45) is 0.666. The fraction of sp³-hybridized carbons (Fsp3) is 0.625. The Labute approximate surface area is 127 Å². The molecule has 0 aliphatic rings. The molecule has 1 rings (SSSR count). The van der Waals surface area contributed by atoms with Crippen molar-refractivity contribution in [3.63, 3.8) is 0 Å². The number of rotatable bonds is 9. The van der Waals surface area contributed by atoms with Gasteiger partial charge in [0.05, 0.1) is 13.7 Å². The van der Waals surface area contributed by atoms with Gasteiger partial charge in [0.1, 0.15) is 11.6 Å². The molecule has 4 nitrogen and oxygen atoms in total. The van der Waals surface area contributed by atoms with E-state index in [2.05, 4.69) is 18.7 Å². The molecule has 0 aliphatic carbocycles. The summed E-state index contributed by atoms with van der Waals surface area (Å²) in [6, 6.07) is 4.80. The number of benzene rings is 1. The zero-order chi connectivity index (χ0) is 15.8. The number of methoxy groups -OCH3 is 2. The van der Waals surface area contributed by atoms with Crippen LogP contribution in [0.5, 0.6) is 5.75 Å². The lowest BCUT2D eigenvalue weighted by Gasteiger charge is -2.27. The van der Waals surface area contributed by atoms with Gasteiger partial charge in [0.2, 0.25) is 0 Å². The first-order chi connectivity index (χ1) is 10.0. The van der Waals surface area contributed by atoms with E-state index in [0.29, 0.717) is 30.4 Å². The van der Waals surface area contributed by atoms with E-state index < -0.39 is 0 Å². The van der Waals surface area contributed by atoms with Crippen LogP contribution in [0.25, 0.3) is 0 Å². The summed E-state index contributed by atoms with van der Waals surface area (Å²) in [6.45, 7) is 6.57. The van der Waals surface area contributed by atoms with Gasteiger partial charge in [-0.15, -0.1) is 0 Å². The molecule has 21 heavy (non-hydrogen) atoms. The van der Waals surface area contributed by atoms with Gasteiger partial charge in [-0.25, -0.2) is 4.39 Å². The number of nitrogens with two attached hydrogens (primary N) is 1. The zero-order valence-corrected chi connectivity index (χ0v) is 13.4. The summed E-state index contributed by atoms with van der Waals surface area (Å²) in [5, 5.41) is 0. The van der Waals surface area contributed by atoms with Crippen LogP contribution in [0.4, 0.5) is 4.39 Å². The van der Waals surface area contributed by atoms with Crippen LogP contribution in [0.2, 0.25) is 0 Å². The summed E-state index contributed by atoms with van der Waals surface area (Å²) in [5.74, 6) is 0.199. The van der Waals surface area contributed by atoms with Gasteiger partial charge in [-0.2, -0.15) is 0 Å². The Morgan fingerprint density at radius 2 is 1.95 bits per heavy atom. The summed E-state index contributed by atoms with van der Waals surface area (Å²) >= 11 is 0. The van der Waals surface area contributed by atoms with E-state index in [9.17, 15) is 4.39 Å². The van der Waals surface area contributed by atoms with Gasteiger partial charge in [-0.1, -0.05) is 6.07 Å². The molecular weight excluding hydrogens is 271 g/mol. The van der Waals surface area contributed by atoms with Crippen LogP contribution in [0.1, 0.15) is 31.9 Å². The lowest BCUT2D eigenvalue weighted by molar-refractivity contribution is 0.127. The molecule has 0 radical (unpaired) electrons. The third-order valence-corrected chi connectivity index (χ3v) is 3.64. The summed E-state index contributed by atoms with van der Waals surface area (Å²) < 4.78 is 24.3. The topological polar surface area (TPSA) is 47.7 Å². The first-order valence-electron chi connectivity index (χ1n) is 7.32. The van der Waals surface area contributed by atoms with Crippen molar-refractivity contribution in [2.45, 2.75) is 32.4 Å². The maximum absolute atomic E-state index is 14.0. The van der Waals surface area contributed by atoms with Gasteiger partial charge in [-0.3, -0.25) is 4.90 Å². The minimum absolute atomic E-state index is 0.310. The van der Waals surface area contributed by atoms with Gasteiger partial charge in [0.25, 0.3) is 0 Å². The van der Waals surface area contributed by atoms with Gasteiger partial charge in [-0.05, 0) is 32.4 Å². The molecule has 120 valence electrons. The number of hydrogen-bond donors (Lipinski definition) is 1. The average Bonchev–Trinajstić information content (AvgIpc) is 2.46. The third kappa shape index (κ3) is 5.26. The number of ether oxygens (including phenoxy) is 2. The monoisotopic (exact) mass is 298 g/mol. The highest BCUT2D eigenvalue weighted by Crippen LogP contribution is 2.28. The summed E-state index contributed by atoms with van der Waals surface area (Å²) in [7, 11) is 3.22. The van der Waals surface area contributed by atoms with Crippen molar-refractivity contribution in [3.05, 3.63) is 29.6 Å². The molecule has 1 aromatic rings. The van der Waals surface area contributed by atoms with Crippen LogP contribution in [0, 0.1) is 5.82 Å². The highest BCUT2D eigenvalue weighted by Gasteiger charge is 2.18. The normalized spacial score (nSPS) is 13.0. The summed E-state index contributed by atoms with van der Waals surface area (Å²) in [4.78, 5) is 2.27. The fourth-order valence-corrected chi connectivity index (χ4v) is 2.34. The third-order valence-electron chi connectivity index (χ3n) is 3.64. The molecule has 0 aliphatic heterocycles. The van der Waals surface area contributed by atoms with Crippen molar-refractivity contribution in [2.75, 3.05) is 33.9 Å². The van der Waals surface area contributed by atoms with Gasteiger partial charge >= 0.3 is 0 Å². The van der Waals surface area contributed by atoms with Crippen molar-refractivity contribution in [1.29, 1.82) is 0 Å². The van der Waals surface area contributed by atoms with Gasteiger partial charge < -0.3 is 15.2 Å². The van der Waals surface area contributed by atoms with E-state index in [0.717, 1.165) is 13.1 Å². The molecule has 0 saturated carbocycles. The minimum atomic E-state index is -0.384. The van der Waals surface area contributed by atoms with Crippen LogP contribution in [0.15, 0.2) is 18.2 Å². The molecule has 1 aromatic carbocycles. The summed E-state index contributed by atoms with van der Waals surface area (Å²) in [5.41, 5.74) is 6.63. The molecule has 0 amide bonds. The highest BCUT2D eigenvalue weighted by atomic mass is 19.1. The number of hydrogen-bond acceptors (Lipinski definition) is 4. The molecule has 0 aromatic heterocycles. The van der Waals surface area contributed by atoms with E-state index in [-0.39, 0.29) is 11.9 Å². The van der Waals surface area contributed by atoms with Crippen molar-refractivity contribution in [3.8, 4) is 5.75 Å². The molecule has 0 bridgehead atoms. The Balaban J connectivity index is 2.70. The lowest BCUT2D eigenvalue weighted by Crippen LogP contribution is -2.36. The zero-order valence-electron chi connectivity index (χ0n) is 13.4. The van der Waals surface area contributed by atoms with E-state index in [1.54, 1.807) is 19.2 Å². The largest absolute Gasteiger partial charge is 0.496 e. The van der Waals surface area contributed by atoms with E-state index in [4.69, 9.17) is 15.2 Å². The highest BCUT2D eigenvalue weighted by molar-refractivity contribution is 5.37. The second kappa shape index (κ2) is 8.97. The molecule has 0 heterocycles. The molecule has 1 atom stereocenters. The predicted octanol–water partition coefficient (Wildman–Crippen LogP) is 2.58. The van der Waals surface area contributed by atoms with E-state index in [1.807, 2.05) is 0 Å². The Bertz CT molecular complexity index is 427. The molecule has 0 saturated heterocycles. The van der Waals surface area contributed by atoms with Crippen LogP contribution in [-0.2, 0) is 4.74 Å². The Morgan fingerprint density at radius 3 is 2.52 bits per heavy atom. The van der Waals surface area contributed by atoms with Crippen molar-refractivity contribution < 1.29 is 13.9 Å². The van der Waals surface area contributed by atoms with Crippen molar-refractivity contribution >= 4 is 0 Å². The Kier molecular flexibility index (Phi) is 7.64. The first kappa shape index (κ1) is 17.9. The van der Waals surface area contributed by atoms with Crippen LogP contribution in [0.3, 0.4) is 0 Å². The second-order valence-electron chi connectivity index (χ2n) is 5.37. The quantitative estimate of drug-likeness (QED) is 0.761. The van der Waals surface area contributed by atoms with Crippen LogP contribution < -0.4 is 10.5 Å². The van der Waals surface area contributed by atoms with Gasteiger partial charge in [0.15, 0.2) is 0 Å². The van der Waals surface area contributed by atoms with E-state index in [1.165, 1.54) is 13.2 Å². The molecule has 1 unspecified atom stereocenters. The molecule has 0 spiro atoms. The fourth-order valence-electron chi connectivity index (χ4n) is 2.34. The number of nitrogens with zero attached hydrogens (tertiary/aromatic N) is 1. The maximum atomic E-state index is 14.0. The Morgan fingerprint density at radius 1 is 1.24 bits per heavy atom. The van der Waals surface area contributed by atoms with Crippen molar-refractivity contribution in [2.24, 2.45) is 5.73 Å². The van der Waals surface area contributed by atoms with Gasteiger partial charge in [0, 0.05) is 37.8 Å². The molecule has 5 heteroatoms. The minimum Gasteiger partial charge on any atom is -0.496 e. The van der Waals surface area contributed by atoms with Crippen LogP contribution in [-0.4, -0.2) is 44.9 Å². The average molecular weight is 298 g/mol. The standard InChI is InChI=1S/C16H27FN2O2/c1-12(2)19(10-11-20-3)9-8-14(18)16-13(17)6-5-7-15(16)21-4/h5-7,12,14H,8-11,18H2,1-4H3. The molecule has 2 N–H and O–H groups in total. The molecular formula is C16H27FN2O2. The smallest absolute Gasteiger partial charge is 0.131 e. The predicted molar refractivity (Wildman–Crippen MR) is 83.1 cm³/mol. The lowest BCUT2D eigenvalue weighted by atomic mass is 10.0. The SMILES string of the molecule is COCCN(CCC(N)c1c(F)cccc1OC)C(C)C. The second-order valence-corrected chi connectivity index (χ2v) is 5.37. The maximum Gasteiger partial charge on any atom is 0.131 e. The van der Waals surface area contributed by atoms with Crippen molar-refractivity contribution in [1.82, 2.24) is 4.90 Å². The first-order valence-corrected chi connectivity index (χ1v) is 7.32. The van der Waals surface area contributed by atoms with E-state index >= 15 is 0 Å². The Hall–Kier alpha value is -1.17. The molecule has 0 fully saturated rings.